The minimum Gasteiger partial charge on any atom is -0.444 e. The summed E-state index contributed by atoms with van der Waals surface area (Å²) in [5.74, 6) is -4.45. The fourth-order valence-corrected chi connectivity index (χ4v) is 5.67. The minimum atomic E-state index is -2.76. The molecule has 1 aromatic carbocycles. The highest BCUT2D eigenvalue weighted by atomic mass is 19.3. The van der Waals surface area contributed by atoms with Crippen LogP contribution in [0, 0.1) is 17.0 Å². The zero-order valence-corrected chi connectivity index (χ0v) is 22.2. The number of nitrogens with zero attached hydrogens (tertiary/aromatic N) is 3. The zero-order chi connectivity index (χ0) is 28.2. The molecule has 210 valence electrons. The number of hydrogen-bond acceptors (Lipinski definition) is 4. The average Bonchev–Trinajstić information content (AvgIpc) is 2.78. The number of nitrogens with one attached hydrogen (secondary N) is 1. The first-order valence-corrected chi connectivity index (χ1v) is 13.1. The maximum Gasteiger partial charge on any atom is 0.410 e. The van der Waals surface area contributed by atoms with Gasteiger partial charge in [0, 0.05) is 67.7 Å². The van der Waals surface area contributed by atoms with Gasteiger partial charge < -0.3 is 19.9 Å². The molecule has 0 atom stereocenters. The van der Waals surface area contributed by atoms with Gasteiger partial charge in [0.2, 0.25) is 5.92 Å². The van der Waals surface area contributed by atoms with Crippen LogP contribution in [0.1, 0.15) is 58.1 Å². The second kappa shape index (κ2) is 9.67. The molecule has 2 aromatic rings. The first-order valence-electron chi connectivity index (χ1n) is 13.1. The van der Waals surface area contributed by atoms with Crippen molar-refractivity contribution in [3.8, 4) is 11.1 Å². The Bertz CT molecular complexity index is 1270. The van der Waals surface area contributed by atoms with E-state index in [9.17, 15) is 27.2 Å². The van der Waals surface area contributed by atoms with Crippen LogP contribution in [0.4, 0.5) is 32.8 Å². The van der Waals surface area contributed by atoms with E-state index >= 15 is 0 Å². The van der Waals surface area contributed by atoms with Gasteiger partial charge in [0.25, 0.3) is 0 Å². The van der Waals surface area contributed by atoms with E-state index < -0.39 is 35.3 Å². The number of ether oxygens (including phenoxy) is 1. The molecule has 1 spiro atoms. The lowest BCUT2D eigenvalue weighted by Gasteiger charge is -2.59. The number of halogens is 4. The molecule has 2 saturated heterocycles. The third-order valence-corrected chi connectivity index (χ3v) is 7.58. The van der Waals surface area contributed by atoms with Crippen molar-refractivity contribution in [2.24, 2.45) is 5.41 Å². The molecule has 0 unspecified atom stereocenters. The molecule has 1 aromatic heterocycles. The van der Waals surface area contributed by atoms with Crippen molar-refractivity contribution in [1.82, 2.24) is 14.8 Å². The Hall–Kier alpha value is -3.37. The number of alkyl halides is 2. The molecule has 3 heterocycles. The molecule has 2 aliphatic heterocycles. The van der Waals surface area contributed by atoms with E-state index in [1.165, 1.54) is 12.3 Å². The lowest BCUT2D eigenvalue weighted by molar-refractivity contribution is -0.0935. The summed E-state index contributed by atoms with van der Waals surface area (Å²) in [5, 5.41) is 2.84. The predicted octanol–water partition coefficient (Wildman–Crippen LogP) is 6.40. The Morgan fingerprint density at radius 2 is 1.64 bits per heavy atom. The second-order valence-electron chi connectivity index (χ2n) is 12.0. The number of carbonyl (C=O) groups is 2. The van der Waals surface area contributed by atoms with Crippen LogP contribution in [0.3, 0.4) is 0 Å². The number of hydrogen-bond donors (Lipinski definition) is 1. The minimum absolute atomic E-state index is 0.0536. The van der Waals surface area contributed by atoms with Gasteiger partial charge in [-0.3, -0.25) is 4.98 Å². The number of carbonyl (C=O) groups excluding carboxylic acids is 2. The van der Waals surface area contributed by atoms with Crippen LogP contribution in [0.15, 0.2) is 30.5 Å². The van der Waals surface area contributed by atoms with E-state index in [4.69, 9.17) is 4.74 Å². The topological polar surface area (TPSA) is 74.8 Å². The molecule has 0 bridgehead atoms. The monoisotopic (exact) mass is 548 g/mol. The third-order valence-electron chi connectivity index (χ3n) is 7.58. The van der Waals surface area contributed by atoms with Gasteiger partial charge in [-0.05, 0) is 57.9 Å². The van der Waals surface area contributed by atoms with Crippen molar-refractivity contribution in [3.63, 3.8) is 0 Å². The van der Waals surface area contributed by atoms with Crippen molar-refractivity contribution < 1.29 is 31.9 Å². The highest BCUT2D eigenvalue weighted by molar-refractivity contribution is 5.96. The number of pyridine rings is 1. The van der Waals surface area contributed by atoms with Crippen LogP contribution in [0.5, 0.6) is 0 Å². The van der Waals surface area contributed by atoms with Crippen molar-refractivity contribution in [3.05, 3.63) is 47.8 Å². The van der Waals surface area contributed by atoms with Gasteiger partial charge >= 0.3 is 12.1 Å². The number of amides is 3. The normalized spacial score (nSPS) is 20.3. The highest BCUT2D eigenvalue weighted by Gasteiger charge is 2.55. The summed E-state index contributed by atoms with van der Waals surface area (Å²) in [7, 11) is 0. The molecule has 39 heavy (non-hydrogen) atoms. The summed E-state index contributed by atoms with van der Waals surface area (Å²) in [6, 6.07) is 4.07. The number of rotatable bonds is 3. The molecule has 3 aliphatic rings. The quantitative estimate of drug-likeness (QED) is 0.450. The molecule has 1 aliphatic carbocycles. The van der Waals surface area contributed by atoms with Gasteiger partial charge in [-0.1, -0.05) is 0 Å². The maximum absolute atomic E-state index is 14.8. The van der Waals surface area contributed by atoms with E-state index in [-0.39, 0.29) is 53.8 Å². The Balaban J connectivity index is 1.34. The Kier molecular flexibility index (Phi) is 6.75. The molecule has 5 rings (SSSR count). The predicted molar refractivity (Wildman–Crippen MR) is 137 cm³/mol. The number of urea groups is 1. The highest BCUT2D eigenvalue weighted by Crippen LogP contribution is 2.45. The summed E-state index contributed by atoms with van der Waals surface area (Å²) in [6.45, 7) is 7.15. The SMILES string of the molecule is CC(C)(C)OC(=O)N1CC2(CN(C(=O)Nc3c(-c4cc(F)ccc4F)ccnc3C3CCC(F)(F)CC3)C2)C1. The van der Waals surface area contributed by atoms with Crippen LogP contribution in [0.25, 0.3) is 11.1 Å². The Morgan fingerprint density at radius 3 is 2.28 bits per heavy atom. The van der Waals surface area contributed by atoms with Crippen LogP contribution in [0.2, 0.25) is 0 Å². The van der Waals surface area contributed by atoms with E-state index in [2.05, 4.69) is 10.3 Å². The maximum atomic E-state index is 14.8. The van der Waals surface area contributed by atoms with Crippen LogP contribution >= 0.6 is 0 Å². The van der Waals surface area contributed by atoms with Crippen LogP contribution in [-0.2, 0) is 4.74 Å². The lowest BCUT2D eigenvalue weighted by Crippen LogP contribution is -2.74. The van der Waals surface area contributed by atoms with Gasteiger partial charge in [-0.15, -0.1) is 0 Å². The second-order valence-corrected chi connectivity index (χ2v) is 12.0. The van der Waals surface area contributed by atoms with Gasteiger partial charge in [-0.25, -0.2) is 27.2 Å². The molecule has 1 saturated carbocycles. The first-order chi connectivity index (χ1) is 18.2. The van der Waals surface area contributed by atoms with Crippen molar-refractivity contribution in [1.29, 1.82) is 0 Å². The number of likely N-dealkylation sites (tertiary alicyclic amines) is 2. The molecule has 3 amide bonds. The van der Waals surface area contributed by atoms with Gasteiger partial charge in [0.15, 0.2) is 0 Å². The smallest absolute Gasteiger partial charge is 0.410 e. The van der Waals surface area contributed by atoms with Crippen molar-refractivity contribution >= 4 is 17.8 Å². The average molecular weight is 549 g/mol. The van der Waals surface area contributed by atoms with Crippen molar-refractivity contribution in [2.75, 3.05) is 31.5 Å². The van der Waals surface area contributed by atoms with E-state index in [0.717, 1.165) is 18.2 Å². The fourth-order valence-electron chi connectivity index (χ4n) is 5.67. The lowest BCUT2D eigenvalue weighted by atomic mass is 9.73. The molecule has 1 N–H and O–H groups in total. The largest absolute Gasteiger partial charge is 0.444 e. The van der Waals surface area contributed by atoms with E-state index in [1.54, 1.807) is 30.6 Å². The standard InChI is InChI=1S/C28H32F4N4O3/c1-26(2,3)39-25(38)36-15-27(16-36)13-35(14-27)24(37)34-23-19(20-12-18(29)4-5-21(20)30)8-11-33-22(23)17-6-9-28(31,32)10-7-17/h4-5,8,11-12,17H,6-7,9-10,13-16H2,1-3H3,(H,34,37). The molecular weight excluding hydrogens is 516 g/mol. The van der Waals surface area contributed by atoms with Gasteiger partial charge in [0.05, 0.1) is 11.4 Å². The number of aromatic nitrogens is 1. The summed E-state index contributed by atoms with van der Waals surface area (Å²) < 4.78 is 62.0. The molecular formula is C28H32F4N4O3. The fraction of sp³-hybridized carbons (Fsp3) is 0.536. The molecule has 0 radical (unpaired) electrons. The van der Waals surface area contributed by atoms with Crippen molar-refractivity contribution in [2.45, 2.75) is 63.9 Å². The van der Waals surface area contributed by atoms with Gasteiger partial charge in [-0.2, -0.15) is 0 Å². The zero-order valence-electron chi connectivity index (χ0n) is 22.2. The van der Waals surface area contributed by atoms with E-state index in [1.807, 2.05) is 0 Å². The molecule has 3 fully saturated rings. The summed E-state index contributed by atoms with van der Waals surface area (Å²) >= 11 is 0. The Labute approximate surface area is 224 Å². The third kappa shape index (κ3) is 5.67. The molecule has 7 nitrogen and oxygen atoms in total. The Morgan fingerprint density at radius 1 is 1.00 bits per heavy atom. The van der Waals surface area contributed by atoms with Crippen LogP contribution < -0.4 is 5.32 Å². The summed E-state index contributed by atoms with van der Waals surface area (Å²) in [5.41, 5.74) is -0.0415. The van der Waals surface area contributed by atoms with Gasteiger partial charge in [0.1, 0.15) is 17.2 Å². The summed E-state index contributed by atoms with van der Waals surface area (Å²) in [4.78, 5) is 33.2. The number of benzene rings is 1. The first kappa shape index (κ1) is 27.2. The summed E-state index contributed by atoms with van der Waals surface area (Å²) in [6.07, 6.45) is 0.727. The van der Waals surface area contributed by atoms with E-state index in [0.29, 0.717) is 31.9 Å². The molecule has 11 heteroatoms. The number of anilines is 1. The van der Waals surface area contributed by atoms with Crippen LogP contribution in [-0.4, -0.2) is 64.6 Å².